The molecule has 0 saturated carbocycles. The lowest BCUT2D eigenvalue weighted by atomic mass is 9.92. The molecular weight excluding hydrogens is 672 g/mol. The van der Waals surface area contributed by atoms with Crippen LogP contribution in [0.4, 0.5) is 15.0 Å². The summed E-state index contributed by atoms with van der Waals surface area (Å²) in [5.74, 6) is 1.22. The van der Waals surface area contributed by atoms with E-state index in [2.05, 4.69) is 58.0 Å². The monoisotopic (exact) mass is 710 g/mol. The van der Waals surface area contributed by atoms with Crippen LogP contribution in [0, 0.1) is 5.82 Å². The third kappa shape index (κ3) is 7.96. The number of phenolic OH excluding ortho intramolecular Hbond substituents is 1. The van der Waals surface area contributed by atoms with Crippen LogP contribution in [0.2, 0.25) is 0 Å². The molecule has 0 unspecified atom stereocenters. The first kappa shape index (κ1) is 35.0. The first-order valence-electron chi connectivity index (χ1n) is 16.0. The molecule has 0 bridgehead atoms. The van der Waals surface area contributed by atoms with Crippen molar-refractivity contribution in [2.24, 2.45) is 0 Å². The maximum absolute atomic E-state index is 14.0. The summed E-state index contributed by atoms with van der Waals surface area (Å²) in [6, 6.07) is 25.1. The number of pyridine rings is 1. The summed E-state index contributed by atoms with van der Waals surface area (Å²) < 4.78 is 17.5. The number of urea groups is 1. The van der Waals surface area contributed by atoms with Crippen molar-refractivity contribution < 1.29 is 14.3 Å². The number of benzene rings is 3. The lowest BCUT2D eigenvalue weighted by Crippen LogP contribution is -2.29. The van der Waals surface area contributed by atoms with Crippen LogP contribution in [-0.4, -0.2) is 66.5 Å². The number of carbonyl (C=O) groups is 1. The first-order valence-corrected chi connectivity index (χ1v) is 18.2. The number of rotatable bonds is 12. The van der Waals surface area contributed by atoms with Crippen LogP contribution in [0.15, 0.2) is 101 Å². The van der Waals surface area contributed by atoms with Crippen LogP contribution in [0.25, 0.3) is 22.7 Å². The molecule has 10 nitrogen and oxygen atoms in total. The summed E-state index contributed by atoms with van der Waals surface area (Å²) in [5, 5.41) is 29.8. The number of fused-ring (bicyclic) bond motifs is 1. The number of nitrogens with zero attached hydrogens (tertiary/aromatic N) is 6. The zero-order valence-corrected chi connectivity index (χ0v) is 30.1. The van der Waals surface area contributed by atoms with E-state index in [0.717, 1.165) is 44.6 Å². The Balaban J connectivity index is 1.21. The predicted octanol–water partition coefficient (Wildman–Crippen LogP) is 7.60. The minimum atomic E-state index is -0.482. The molecule has 0 fully saturated rings. The lowest BCUT2D eigenvalue weighted by Gasteiger charge is -2.20. The van der Waals surface area contributed by atoms with E-state index >= 15 is 0 Å². The van der Waals surface area contributed by atoms with Gasteiger partial charge < -0.3 is 15.3 Å². The summed E-state index contributed by atoms with van der Waals surface area (Å²) in [7, 11) is 4.07. The van der Waals surface area contributed by atoms with Gasteiger partial charge in [0.05, 0.1) is 16.9 Å². The topological polar surface area (TPSA) is 113 Å². The molecule has 50 heavy (non-hydrogen) atoms. The zero-order chi connectivity index (χ0) is 35.4. The predicted molar refractivity (Wildman–Crippen MR) is 199 cm³/mol. The van der Waals surface area contributed by atoms with Crippen LogP contribution in [0.1, 0.15) is 30.7 Å². The maximum Gasteiger partial charge on any atom is 0.320 e. The lowest BCUT2D eigenvalue weighted by molar-refractivity contribution is 0.251. The van der Waals surface area contributed by atoms with Gasteiger partial charge in [0.2, 0.25) is 0 Å². The molecule has 3 aromatic heterocycles. The van der Waals surface area contributed by atoms with E-state index in [-0.39, 0.29) is 29.3 Å². The van der Waals surface area contributed by atoms with Crippen molar-refractivity contribution in [1.82, 2.24) is 34.6 Å². The minimum absolute atomic E-state index is 0.0887. The second-order valence-electron chi connectivity index (χ2n) is 12.8. The van der Waals surface area contributed by atoms with Crippen molar-refractivity contribution in [3.8, 4) is 22.8 Å². The molecule has 0 aliphatic carbocycles. The minimum Gasteiger partial charge on any atom is -0.507 e. The number of aromatic nitrogens is 5. The van der Waals surface area contributed by atoms with Crippen LogP contribution in [0.3, 0.4) is 0 Å². The van der Waals surface area contributed by atoms with Crippen molar-refractivity contribution in [3.05, 3.63) is 114 Å². The number of hydrogen-bond donors (Lipinski definition) is 3. The summed E-state index contributed by atoms with van der Waals surface area (Å²) >= 11 is 3.27. The molecule has 0 saturated heterocycles. The molecule has 2 amide bonds. The van der Waals surface area contributed by atoms with Gasteiger partial charge in [-0.3, -0.25) is 9.72 Å². The average Bonchev–Trinajstić information content (AvgIpc) is 3.70. The highest BCUT2D eigenvalue weighted by atomic mass is 32.2. The number of hydrogen-bond acceptors (Lipinski definition) is 8. The Morgan fingerprint density at radius 1 is 1.00 bits per heavy atom. The number of amides is 2. The molecule has 6 aromatic rings. The van der Waals surface area contributed by atoms with E-state index in [9.17, 15) is 14.3 Å². The quantitative estimate of drug-likeness (QED) is 0.119. The normalized spacial score (nSPS) is 11.7. The Morgan fingerprint density at radius 3 is 2.62 bits per heavy atom. The Bertz CT molecular complexity index is 2150. The molecule has 3 aromatic carbocycles. The third-order valence-electron chi connectivity index (χ3n) is 8.02. The fourth-order valence-electron chi connectivity index (χ4n) is 5.60. The number of carbonyl (C=O) groups excluding carboxylic acids is 1. The molecule has 0 spiro atoms. The highest BCUT2D eigenvalue weighted by molar-refractivity contribution is 7.99. The number of anilines is 1. The van der Waals surface area contributed by atoms with Crippen LogP contribution < -0.4 is 10.6 Å². The van der Waals surface area contributed by atoms with Gasteiger partial charge in [0.1, 0.15) is 17.4 Å². The Hall–Kier alpha value is -4.85. The van der Waals surface area contributed by atoms with Crippen molar-refractivity contribution in [1.29, 1.82) is 0 Å². The fraction of sp³-hybridized carbons (Fsp3) is 0.243. The van der Waals surface area contributed by atoms with Crippen molar-refractivity contribution in [2.75, 3.05) is 31.4 Å². The van der Waals surface area contributed by atoms with E-state index < -0.39 is 5.82 Å². The largest absolute Gasteiger partial charge is 0.507 e. The molecule has 0 aliphatic heterocycles. The van der Waals surface area contributed by atoms with Crippen molar-refractivity contribution in [3.63, 3.8) is 0 Å². The van der Waals surface area contributed by atoms with Crippen LogP contribution >= 0.6 is 23.5 Å². The molecule has 0 radical (unpaired) electrons. The number of phenols is 1. The van der Waals surface area contributed by atoms with Gasteiger partial charge in [0.25, 0.3) is 0 Å². The first-order chi connectivity index (χ1) is 24.0. The van der Waals surface area contributed by atoms with Crippen LogP contribution in [0.5, 0.6) is 5.75 Å². The van der Waals surface area contributed by atoms with Gasteiger partial charge in [-0.1, -0.05) is 55.9 Å². The van der Waals surface area contributed by atoms with E-state index in [1.807, 2.05) is 74.9 Å². The van der Waals surface area contributed by atoms with E-state index in [4.69, 9.17) is 5.10 Å². The molecule has 13 heteroatoms. The fourth-order valence-corrected chi connectivity index (χ4v) is 7.43. The van der Waals surface area contributed by atoms with Gasteiger partial charge in [-0.25, -0.2) is 13.9 Å². The number of halogens is 1. The molecular formula is C37H39FN8O2S2. The van der Waals surface area contributed by atoms with E-state index in [1.54, 1.807) is 20.8 Å². The number of aromatic hydroxyl groups is 1. The second-order valence-corrected chi connectivity index (χ2v) is 14.8. The Kier molecular flexibility index (Phi) is 10.5. The van der Waals surface area contributed by atoms with E-state index in [1.165, 1.54) is 30.0 Å². The second kappa shape index (κ2) is 15.0. The summed E-state index contributed by atoms with van der Waals surface area (Å²) in [4.78, 5) is 17.4. The summed E-state index contributed by atoms with van der Waals surface area (Å²) in [6.07, 6.45) is 3.93. The van der Waals surface area contributed by atoms with Gasteiger partial charge in [0, 0.05) is 46.3 Å². The zero-order valence-electron chi connectivity index (χ0n) is 28.5. The molecule has 6 rings (SSSR count). The number of thioether (sulfide) groups is 1. The van der Waals surface area contributed by atoms with E-state index in [0.29, 0.717) is 17.3 Å². The maximum atomic E-state index is 14.0. The highest BCUT2D eigenvalue weighted by Gasteiger charge is 2.26. The molecule has 3 N–H and O–H groups in total. The summed E-state index contributed by atoms with van der Waals surface area (Å²) in [6.45, 7) is 5.38. The molecule has 258 valence electrons. The van der Waals surface area contributed by atoms with Gasteiger partial charge in [-0.15, -0.1) is 10.2 Å². The average molecular weight is 711 g/mol. The molecule has 3 heterocycles. The summed E-state index contributed by atoms with van der Waals surface area (Å²) in [5.41, 5.74) is 4.43. The highest BCUT2D eigenvalue weighted by Crippen LogP contribution is 2.34. The van der Waals surface area contributed by atoms with Gasteiger partial charge in [0.15, 0.2) is 11.5 Å². The van der Waals surface area contributed by atoms with Gasteiger partial charge in [-0.2, -0.15) is 16.9 Å². The standard InChI is InChI=1S/C37H39FN8O2S2/c1-37(2,23-49-5)32-19-34(46(43-32)27-11-8-9-24(17-27)21-44(3)4)40-36(48)39-20-25-10-6-7-12-31(25)50-28-14-16-33-41-42-35(45(33)22-28)29-18-26(38)13-15-30(29)47/h6-19,22,47H,20-21,23H2,1-5H3,(H2,39,40,48). The third-order valence-corrected chi connectivity index (χ3v) is 10.1. The van der Waals surface area contributed by atoms with Crippen molar-refractivity contribution >= 4 is 41.0 Å². The smallest absolute Gasteiger partial charge is 0.320 e. The van der Waals surface area contributed by atoms with Crippen molar-refractivity contribution in [2.45, 2.75) is 42.1 Å². The van der Waals surface area contributed by atoms with Gasteiger partial charge in [-0.05, 0) is 80.0 Å². The Labute approximate surface area is 299 Å². The van der Waals surface area contributed by atoms with Crippen LogP contribution in [-0.2, 0) is 18.5 Å². The number of nitrogens with one attached hydrogen (secondary N) is 2. The molecule has 0 aliphatic rings. The Morgan fingerprint density at radius 2 is 1.82 bits per heavy atom. The van der Waals surface area contributed by atoms with Gasteiger partial charge >= 0.3 is 6.03 Å². The SMILES string of the molecule is CSCC(C)(C)c1cc(NC(=O)NCc2ccccc2Sc2ccc3nnc(-c4cc(F)ccc4O)n3c2)n(-c2cccc(CN(C)C)c2)n1. The molecule has 0 atom stereocenters.